The van der Waals surface area contributed by atoms with E-state index in [0.29, 0.717) is 39.3 Å². The Bertz CT molecular complexity index is 1050. The number of hydrogen-bond acceptors (Lipinski definition) is 6. The van der Waals surface area contributed by atoms with E-state index in [1.165, 1.54) is 20.3 Å². The number of para-hydroxylation sites is 1. The number of halogens is 1. The third-order valence-corrected chi connectivity index (χ3v) is 4.45. The average Bonchev–Trinajstić information content (AvgIpc) is 2.79. The van der Waals surface area contributed by atoms with Crippen molar-refractivity contribution < 1.29 is 28.5 Å². The fourth-order valence-electron chi connectivity index (χ4n) is 2.64. The lowest BCUT2D eigenvalue weighted by atomic mass is 10.2. The minimum absolute atomic E-state index is 0.290. The molecule has 0 aliphatic carbocycles. The van der Waals surface area contributed by atoms with Gasteiger partial charge in [-0.05, 0) is 42.5 Å². The lowest BCUT2D eigenvalue weighted by Crippen LogP contribution is -2.21. The molecule has 0 atom stereocenters. The van der Waals surface area contributed by atoms with Crippen LogP contribution < -0.4 is 19.5 Å². The van der Waals surface area contributed by atoms with Crippen molar-refractivity contribution in [1.29, 1.82) is 0 Å². The molecule has 0 unspecified atom stereocenters. The van der Waals surface area contributed by atoms with Crippen LogP contribution in [0, 0.1) is 0 Å². The van der Waals surface area contributed by atoms with Crippen molar-refractivity contribution in [2.45, 2.75) is 0 Å². The summed E-state index contributed by atoms with van der Waals surface area (Å²) in [6.07, 6.45) is 0. The molecule has 31 heavy (non-hydrogen) atoms. The summed E-state index contributed by atoms with van der Waals surface area (Å²) in [6.45, 7) is -0.478. The molecule has 0 aliphatic heterocycles. The third-order valence-electron chi connectivity index (χ3n) is 4.15. The highest BCUT2D eigenvalue weighted by Crippen LogP contribution is 2.35. The monoisotopic (exact) mass is 441 g/mol. The highest BCUT2D eigenvalue weighted by molar-refractivity contribution is 6.32. The van der Waals surface area contributed by atoms with Gasteiger partial charge in [0.2, 0.25) is 0 Å². The fraction of sp³-hybridized carbons (Fsp3) is 0.130. The molecule has 7 nitrogen and oxygen atoms in total. The number of esters is 1. The molecule has 3 rings (SSSR count). The van der Waals surface area contributed by atoms with Gasteiger partial charge in [0.05, 0.1) is 30.5 Å². The number of amides is 1. The molecule has 0 heterocycles. The van der Waals surface area contributed by atoms with Crippen molar-refractivity contribution in [2.75, 3.05) is 26.1 Å². The van der Waals surface area contributed by atoms with E-state index in [9.17, 15) is 9.59 Å². The summed E-state index contributed by atoms with van der Waals surface area (Å²) in [6, 6.07) is 18.7. The Labute approximate surface area is 184 Å². The zero-order valence-electron chi connectivity index (χ0n) is 16.9. The second kappa shape index (κ2) is 10.4. The van der Waals surface area contributed by atoms with Gasteiger partial charge in [-0.2, -0.15) is 0 Å². The Morgan fingerprint density at radius 2 is 1.52 bits per heavy atom. The number of carbonyl (C=O) groups excluding carboxylic acids is 2. The van der Waals surface area contributed by atoms with Crippen molar-refractivity contribution in [3.63, 3.8) is 0 Å². The van der Waals surface area contributed by atoms with E-state index in [1.807, 2.05) is 30.3 Å². The quantitative estimate of drug-likeness (QED) is 0.498. The SMILES string of the molecule is COc1cc(OC)c(NC(=O)COC(=O)c2ccc(Oc3ccccc3)cc2)cc1Cl. The molecule has 0 aliphatic rings. The Morgan fingerprint density at radius 1 is 0.871 bits per heavy atom. The van der Waals surface area contributed by atoms with Gasteiger partial charge in [0.1, 0.15) is 23.0 Å². The predicted octanol–water partition coefficient (Wildman–Crippen LogP) is 4.95. The third kappa shape index (κ3) is 5.90. The summed E-state index contributed by atoms with van der Waals surface area (Å²) in [5.74, 6) is 0.836. The maximum Gasteiger partial charge on any atom is 0.338 e. The first-order valence-electron chi connectivity index (χ1n) is 9.21. The van der Waals surface area contributed by atoms with E-state index in [2.05, 4.69) is 5.32 Å². The predicted molar refractivity (Wildman–Crippen MR) is 116 cm³/mol. The van der Waals surface area contributed by atoms with Gasteiger partial charge in [0.15, 0.2) is 6.61 Å². The standard InChI is InChI=1S/C23H20ClNO6/c1-28-20-13-21(29-2)19(12-18(20)24)25-22(26)14-30-23(27)15-8-10-17(11-9-15)31-16-6-4-3-5-7-16/h3-13H,14H2,1-2H3,(H,25,26). The molecular weight excluding hydrogens is 422 g/mol. The van der Waals surface area contributed by atoms with Crippen LogP contribution in [-0.4, -0.2) is 32.7 Å². The average molecular weight is 442 g/mol. The second-order valence-electron chi connectivity index (χ2n) is 6.25. The van der Waals surface area contributed by atoms with Gasteiger partial charge in [-0.3, -0.25) is 4.79 Å². The van der Waals surface area contributed by atoms with Gasteiger partial charge < -0.3 is 24.3 Å². The van der Waals surface area contributed by atoms with Gasteiger partial charge in [-0.15, -0.1) is 0 Å². The molecule has 0 saturated carbocycles. The van der Waals surface area contributed by atoms with Crippen molar-refractivity contribution in [3.05, 3.63) is 77.3 Å². The number of carbonyl (C=O) groups is 2. The zero-order valence-corrected chi connectivity index (χ0v) is 17.6. The van der Waals surface area contributed by atoms with E-state index >= 15 is 0 Å². The maximum absolute atomic E-state index is 12.2. The molecule has 3 aromatic rings. The minimum Gasteiger partial charge on any atom is -0.495 e. The van der Waals surface area contributed by atoms with E-state index in [0.717, 1.165) is 0 Å². The minimum atomic E-state index is -0.638. The van der Waals surface area contributed by atoms with Crippen molar-refractivity contribution >= 4 is 29.2 Å². The van der Waals surface area contributed by atoms with Crippen LogP contribution in [0.4, 0.5) is 5.69 Å². The molecule has 0 aromatic heterocycles. The summed E-state index contributed by atoms with van der Waals surface area (Å²) >= 11 is 6.09. The molecule has 0 fully saturated rings. The van der Waals surface area contributed by atoms with Gasteiger partial charge in [0.25, 0.3) is 5.91 Å². The van der Waals surface area contributed by atoms with Gasteiger partial charge in [-0.1, -0.05) is 29.8 Å². The largest absolute Gasteiger partial charge is 0.495 e. The van der Waals surface area contributed by atoms with Crippen molar-refractivity contribution in [1.82, 2.24) is 0 Å². The van der Waals surface area contributed by atoms with E-state index in [-0.39, 0.29) is 0 Å². The number of nitrogens with one attached hydrogen (secondary N) is 1. The zero-order chi connectivity index (χ0) is 22.2. The first-order valence-corrected chi connectivity index (χ1v) is 9.59. The number of methoxy groups -OCH3 is 2. The highest BCUT2D eigenvalue weighted by Gasteiger charge is 2.15. The molecule has 160 valence electrons. The van der Waals surface area contributed by atoms with Crippen LogP contribution in [0.2, 0.25) is 5.02 Å². The molecule has 8 heteroatoms. The molecule has 1 N–H and O–H groups in total. The lowest BCUT2D eigenvalue weighted by Gasteiger charge is -2.13. The smallest absolute Gasteiger partial charge is 0.338 e. The normalized spacial score (nSPS) is 10.2. The first kappa shape index (κ1) is 22.0. The Kier molecular flexibility index (Phi) is 7.35. The molecule has 0 saturated heterocycles. The number of hydrogen-bond donors (Lipinski definition) is 1. The van der Waals surface area contributed by atoms with E-state index < -0.39 is 18.5 Å². The first-order chi connectivity index (χ1) is 15.0. The number of anilines is 1. The maximum atomic E-state index is 12.2. The van der Waals surface area contributed by atoms with Crippen molar-refractivity contribution in [3.8, 4) is 23.0 Å². The summed E-state index contributed by atoms with van der Waals surface area (Å²) in [5.41, 5.74) is 0.620. The topological polar surface area (TPSA) is 83.1 Å². The van der Waals surface area contributed by atoms with Crippen LogP contribution in [0.5, 0.6) is 23.0 Å². The van der Waals surface area contributed by atoms with Crippen molar-refractivity contribution in [2.24, 2.45) is 0 Å². The molecule has 1 amide bonds. The molecule has 0 spiro atoms. The highest BCUT2D eigenvalue weighted by atomic mass is 35.5. The van der Waals surface area contributed by atoms with Crippen LogP contribution in [0.15, 0.2) is 66.7 Å². The summed E-state index contributed by atoms with van der Waals surface area (Å²) < 4.78 is 21.1. The Hall–Kier alpha value is -3.71. The molecule has 0 bridgehead atoms. The van der Waals surface area contributed by atoms with Gasteiger partial charge in [-0.25, -0.2) is 4.79 Å². The fourth-order valence-corrected chi connectivity index (χ4v) is 2.88. The lowest BCUT2D eigenvalue weighted by molar-refractivity contribution is -0.119. The van der Waals surface area contributed by atoms with E-state index in [4.69, 9.17) is 30.5 Å². The van der Waals surface area contributed by atoms with Crippen LogP contribution in [0.1, 0.15) is 10.4 Å². The summed E-state index contributed by atoms with van der Waals surface area (Å²) in [4.78, 5) is 24.4. The van der Waals surface area contributed by atoms with Crippen LogP contribution in [0.25, 0.3) is 0 Å². The molecule has 0 radical (unpaired) electrons. The number of rotatable bonds is 8. The molecule has 3 aromatic carbocycles. The van der Waals surface area contributed by atoms with Crippen LogP contribution in [-0.2, 0) is 9.53 Å². The number of benzene rings is 3. The van der Waals surface area contributed by atoms with Crippen LogP contribution in [0.3, 0.4) is 0 Å². The van der Waals surface area contributed by atoms with Gasteiger partial charge >= 0.3 is 5.97 Å². The van der Waals surface area contributed by atoms with Gasteiger partial charge in [0, 0.05) is 6.07 Å². The van der Waals surface area contributed by atoms with Crippen LogP contribution >= 0.6 is 11.6 Å². The van der Waals surface area contributed by atoms with E-state index in [1.54, 1.807) is 30.3 Å². The number of ether oxygens (including phenoxy) is 4. The Balaban J connectivity index is 1.56. The molecular formula is C23H20ClNO6. The second-order valence-corrected chi connectivity index (χ2v) is 6.66. The summed E-state index contributed by atoms with van der Waals surface area (Å²) in [7, 11) is 2.92. The summed E-state index contributed by atoms with van der Waals surface area (Å²) in [5, 5.41) is 2.90. The Morgan fingerprint density at radius 3 is 2.16 bits per heavy atom.